The highest BCUT2D eigenvalue weighted by atomic mass is 79.9. The Morgan fingerprint density at radius 3 is 2.81 bits per heavy atom. The van der Waals surface area contributed by atoms with Gasteiger partial charge in [-0.3, -0.25) is 10.1 Å². The Morgan fingerprint density at radius 1 is 1.44 bits per heavy atom. The number of halogens is 1. The molecule has 2 rings (SSSR count). The Hall–Kier alpha value is -1.40. The summed E-state index contributed by atoms with van der Waals surface area (Å²) in [5, 5.41) is 3.75. The smallest absolute Gasteiger partial charge is 0.258 e. The number of rotatable bonds is 2. The van der Waals surface area contributed by atoms with Gasteiger partial charge in [-0.2, -0.15) is 0 Å². The summed E-state index contributed by atoms with van der Waals surface area (Å²) in [6.07, 6.45) is 1.51. The first-order valence-electron chi connectivity index (χ1n) is 4.44. The molecule has 2 aromatic rings. The summed E-state index contributed by atoms with van der Waals surface area (Å²) in [5.74, 6) is -0.207. The third-order valence-electron chi connectivity index (χ3n) is 1.86. The molecule has 1 amide bonds. The van der Waals surface area contributed by atoms with E-state index in [1.807, 2.05) is 12.1 Å². The number of hydrogen-bond donors (Lipinski definition) is 2. The van der Waals surface area contributed by atoms with Crippen molar-refractivity contribution in [3.63, 3.8) is 0 Å². The summed E-state index contributed by atoms with van der Waals surface area (Å²) in [4.78, 5) is 15.8. The Morgan fingerprint density at radius 2 is 2.19 bits per heavy atom. The van der Waals surface area contributed by atoms with Gasteiger partial charge >= 0.3 is 0 Å². The van der Waals surface area contributed by atoms with Gasteiger partial charge in [0.25, 0.3) is 5.91 Å². The van der Waals surface area contributed by atoms with Crippen LogP contribution in [-0.4, -0.2) is 10.9 Å². The SMILES string of the molecule is Nc1cnc(NC(=O)c2ccccc2Br)s1. The van der Waals surface area contributed by atoms with E-state index in [4.69, 9.17) is 5.73 Å². The van der Waals surface area contributed by atoms with Gasteiger partial charge in [-0.25, -0.2) is 4.98 Å². The number of carbonyl (C=O) groups is 1. The lowest BCUT2D eigenvalue weighted by Gasteiger charge is -2.03. The number of nitrogen functional groups attached to an aromatic ring is 1. The summed E-state index contributed by atoms with van der Waals surface area (Å²) < 4.78 is 0.747. The van der Waals surface area contributed by atoms with E-state index in [0.717, 1.165) is 4.47 Å². The first-order chi connectivity index (χ1) is 7.66. The van der Waals surface area contributed by atoms with Gasteiger partial charge in [-0.15, -0.1) is 0 Å². The molecule has 0 bridgehead atoms. The number of anilines is 2. The molecule has 0 aliphatic heterocycles. The van der Waals surface area contributed by atoms with E-state index in [2.05, 4.69) is 26.2 Å². The number of nitrogens with two attached hydrogens (primary N) is 1. The lowest BCUT2D eigenvalue weighted by atomic mass is 10.2. The third-order valence-corrected chi connectivity index (χ3v) is 3.30. The van der Waals surface area contributed by atoms with E-state index in [0.29, 0.717) is 15.7 Å². The maximum atomic E-state index is 11.8. The summed E-state index contributed by atoms with van der Waals surface area (Å²) in [5.41, 5.74) is 6.08. The molecule has 0 saturated heterocycles. The second kappa shape index (κ2) is 4.63. The van der Waals surface area contributed by atoms with Crippen molar-refractivity contribution in [3.8, 4) is 0 Å². The summed E-state index contributed by atoms with van der Waals surface area (Å²) in [6, 6.07) is 7.19. The zero-order chi connectivity index (χ0) is 11.5. The van der Waals surface area contributed by atoms with Crippen LogP contribution in [0, 0.1) is 0 Å². The van der Waals surface area contributed by atoms with Crippen LogP contribution in [0.2, 0.25) is 0 Å². The van der Waals surface area contributed by atoms with Crippen molar-refractivity contribution >= 4 is 43.3 Å². The maximum Gasteiger partial charge on any atom is 0.258 e. The van der Waals surface area contributed by atoms with Crippen molar-refractivity contribution in [1.82, 2.24) is 4.98 Å². The van der Waals surface area contributed by atoms with Crippen LogP contribution in [0.25, 0.3) is 0 Å². The fourth-order valence-electron chi connectivity index (χ4n) is 1.15. The quantitative estimate of drug-likeness (QED) is 0.895. The summed E-state index contributed by atoms with van der Waals surface area (Å²) >= 11 is 4.55. The molecular weight excluding hydrogens is 290 g/mol. The fraction of sp³-hybridized carbons (Fsp3) is 0. The minimum Gasteiger partial charge on any atom is -0.389 e. The molecule has 0 aliphatic carbocycles. The molecule has 0 spiro atoms. The lowest BCUT2D eigenvalue weighted by molar-refractivity contribution is 0.102. The molecule has 0 atom stereocenters. The topological polar surface area (TPSA) is 68.0 Å². The standard InChI is InChI=1S/C10H8BrN3OS/c11-7-4-2-1-3-6(7)9(15)14-10-13-5-8(12)16-10/h1-5H,12H2,(H,13,14,15). The van der Waals surface area contributed by atoms with Crippen LogP contribution >= 0.6 is 27.3 Å². The Kier molecular flexibility index (Phi) is 3.21. The van der Waals surface area contributed by atoms with Gasteiger partial charge in [0.15, 0.2) is 5.13 Å². The van der Waals surface area contributed by atoms with Crippen molar-refractivity contribution < 1.29 is 4.79 Å². The van der Waals surface area contributed by atoms with Crippen LogP contribution in [0.5, 0.6) is 0 Å². The molecule has 16 heavy (non-hydrogen) atoms. The van der Waals surface area contributed by atoms with Gasteiger partial charge in [0.2, 0.25) is 0 Å². The van der Waals surface area contributed by atoms with Crippen molar-refractivity contribution in [1.29, 1.82) is 0 Å². The molecule has 6 heteroatoms. The number of hydrogen-bond acceptors (Lipinski definition) is 4. The number of amides is 1. The van der Waals surface area contributed by atoms with Crippen LogP contribution < -0.4 is 11.1 Å². The van der Waals surface area contributed by atoms with E-state index in [1.54, 1.807) is 12.1 Å². The highest BCUT2D eigenvalue weighted by molar-refractivity contribution is 9.10. The minimum atomic E-state index is -0.207. The van der Waals surface area contributed by atoms with Crippen LogP contribution in [0.15, 0.2) is 34.9 Å². The van der Waals surface area contributed by atoms with E-state index in [9.17, 15) is 4.79 Å². The van der Waals surface area contributed by atoms with E-state index in [1.165, 1.54) is 17.5 Å². The second-order valence-corrected chi connectivity index (χ2v) is 4.92. The van der Waals surface area contributed by atoms with Gasteiger partial charge in [0, 0.05) is 4.47 Å². The average Bonchev–Trinajstić information content (AvgIpc) is 2.64. The second-order valence-electron chi connectivity index (χ2n) is 3.00. The number of nitrogens with zero attached hydrogens (tertiary/aromatic N) is 1. The number of aromatic nitrogens is 1. The van der Waals surface area contributed by atoms with E-state index >= 15 is 0 Å². The predicted molar refractivity (Wildman–Crippen MR) is 68.6 cm³/mol. The normalized spacial score (nSPS) is 10.1. The van der Waals surface area contributed by atoms with Crippen molar-refractivity contribution in [2.75, 3.05) is 11.1 Å². The summed E-state index contributed by atoms with van der Waals surface area (Å²) in [7, 11) is 0. The highest BCUT2D eigenvalue weighted by Gasteiger charge is 2.10. The van der Waals surface area contributed by atoms with E-state index in [-0.39, 0.29) is 5.91 Å². The molecule has 3 N–H and O–H groups in total. The molecule has 82 valence electrons. The van der Waals surface area contributed by atoms with Crippen LogP contribution in [-0.2, 0) is 0 Å². The van der Waals surface area contributed by atoms with Crippen LogP contribution in [0.4, 0.5) is 10.1 Å². The largest absolute Gasteiger partial charge is 0.389 e. The Bertz CT molecular complexity index is 526. The monoisotopic (exact) mass is 297 g/mol. The average molecular weight is 298 g/mol. The Balaban J connectivity index is 2.18. The fourth-order valence-corrected chi connectivity index (χ4v) is 2.20. The van der Waals surface area contributed by atoms with Crippen molar-refractivity contribution in [3.05, 3.63) is 40.5 Å². The lowest BCUT2D eigenvalue weighted by Crippen LogP contribution is -2.12. The molecule has 0 aliphatic rings. The van der Waals surface area contributed by atoms with E-state index < -0.39 is 0 Å². The maximum absolute atomic E-state index is 11.8. The zero-order valence-electron chi connectivity index (χ0n) is 8.11. The Labute approximate surface area is 105 Å². The number of carbonyl (C=O) groups excluding carboxylic acids is 1. The first-order valence-corrected chi connectivity index (χ1v) is 6.05. The molecule has 0 radical (unpaired) electrons. The number of benzene rings is 1. The summed E-state index contributed by atoms with van der Waals surface area (Å²) in [6.45, 7) is 0. The molecule has 1 aromatic heterocycles. The van der Waals surface area contributed by atoms with Crippen molar-refractivity contribution in [2.24, 2.45) is 0 Å². The van der Waals surface area contributed by atoms with Crippen LogP contribution in [0.3, 0.4) is 0 Å². The highest BCUT2D eigenvalue weighted by Crippen LogP contribution is 2.22. The first kappa shape index (κ1) is 11.1. The van der Waals surface area contributed by atoms with Crippen molar-refractivity contribution in [2.45, 2.75) is 0 Å². The van der Waals surface area contributed by atoms with Gasteiger partial charge in [-0.05, 0) is 28.1 Å². The zero-order valence-corrected chi connectivity index (χ0v) is 10.5. The van der Waals surface area contributed by atoms with Gasteiger partial charge in [0.05, 0.1) is 11.8 Å². The van der Waals surface area contributed by atoms with Gasteiger partial charge < -0.3 is 5.73 Å². The molecule has 0 unspecified atom stereocenters. The number of nitrogens with one attached hydrogen (secondary N) is 1. The third kappa shape index (κ3) is 2.40. The molecule has 1 heterocycles. The molecule has 0 saturated carbocycles. The minimum absolute atomic E-state index is 0.207. The predicted octanol–water partition coefficient (Wildman–Crippen LogP) is 2.74. The molecule has 1 aromatic carbocycles. The number of thiazole rings is 1. The molecule has 0 fully saturated rings. The molecular formula is C10H8BrN3OS. The van der Waals surface area contributed by atoms with Gasteiger partial charge in [-0.1, -0.05) is 23.5 Å². The molecule has 4 nitrogen and oxygen atoms in total. The van der Waals surface area contributed by atoms with Gasteiger partial charge in [0.1, 0.15) is 5.00 Å². The van der Waals surface area contributed by atoms with Crippen LogP contribution in [0.1, 0.15) is 10.4 Å².